The molecule has 0 bridgehead atoms. The van der Waals surface area contributed by atoms with Crippen molar-refractivity contribution in [2.45, 2.75) is 31.1 Å². The molecule has 3 aromatic rings. The number of nitrogens with zero attached hydrogens (tertiary/aromatic N) is 3. The first-order chi connectivity index (χ1) is 18.4. The standard InChI is InChI=1S/C27H37N5O6S/c1-27(2,3)19-11-13-20(14-12-19)39(34,35)31-24-23(38-22-10-8-7-9-21(22)36-6)25(37-18-17-33)30-26(29-24)28-15-16-32(4)5/h7-14,33H,15-18H2,1-6H3,(H2,28,29,30,31). The minimum atomic E-state index is -4.09. The van der Waals surface area contributed by atoms with Gasteiger partial charge in [0.2, 0.25) is 11.7 Å². The Morgan fingerprint density at radius 1 is 1.00 bits per heavy atom. The maximum absolute atomic E-state index is 13.5. The molecule has 2 aromatic carbocycles. The van der Waals surface area contributed by atoms with Gasteiger partial charge in [0, 0.05) is 13.1 Å². The molecule has 11 nitrogen and oxygen atoms in total. The number of anilines is 2. The van der Waals surface area contributed by atoms with E-state index in [9.17, 15) is 13.5 Å². The topological polar surface area (TPSA) is 135 Å². The van der Waals surface area contributed by atoms with Crippen LogP contribution in [0.3, 0.4) is 0 Å². The lowest BCUT2D eigenvalue weighted by Crippen LogP contribution is -2.22. The number of methoxy groups -OCH3 is 1. The average Bonchev–Trinajstić information content (AvgIpc) is 2.88. The van der Waals surface area contributed by atoms with E-state index in [1.54, 1.807) is 48.5 Å². The predicted octanol–water partition coefficient (Wildman–Crippen LogP) is 3.72. The molecule has 39 heavy (non-hydrogen) atoms. The monoisotopic (exact) mass is 559 g/mol. The number of likely N-dealkylation sites (N-methyl/N-ethyl adjacent to an activating group) is 1. The van der Waals surface area contributed by atoms with Crippen molar-refractivity contribution < 1.29 is 27.7 Å². The Labute approximate surface area is 230 Å². The van der Waals surface area contributed by atoms with Crippen molar-refractivity contribution in [1.82, 2.24) is 14.9 Å². The Morgan fingerprint density at radius 3 is 2.26 bits per heavy atom. The Balaban J connectivity index is 2.09. The number of rotatable bonds is 13. The van der Waals surface area contributed by atoms with Crippen molar-refractivity contribution in [3.63, 3.8) is 0 Å². The van der Waals surface area contributed by atoms with Gasteiger partial charge < -0.3 is 29.5 Å². The van der Waals surface area contributed by atoms with E-state index in [1.165, 1.54) is 7.11 Å². The molecule has 0 amide bonds. The van der Waals surface area contributed by atoms with Crippen LogP contribution in [-0.2, 0) is 15.4 Å². The quantitative estimate of drug-likeness (QED) is 0.284. The van der Waals surface area contributed by atoms with E-state index < -0.39 is 10.0 Å². The van der Waals surface area contributed by atoms with Crippen molar-refractivity contribution in [2.24, 2.45) is 0 Å². The Kier molecular flexibility index (Phi) is 9.95. The van der Waals surface area contributed by atoms with Gasteiger partial charge in [-0.2, -0.15) is 9.97 Å². The van der Waals surface area contributed by atoms with Crippen LogP contribution in [0.5, 0.6) is 23.1 Å². The lowest BCUT2D eigenvalue weighted by atomic mass is 9.87. The number of benzene rings is 2. The zero-order valence-electron chi connectivity index (χ0n) is 23.2. The molecule has 0 radical (unpaired) electrons. The summed E-state index contributed by atoms with van der Waals surface area (Å²) in [6.45, 7) is 6.93. The third-order valence-electron chi connectivity index (χ3n) is 5.55. The van der Waals surface area contributed by atoms with E-state index in [0.29, 0.717) is 24.6 Å². The summed E-state index contributed by atoms with van der Waals surface area (Å²) in [4.78, 5) is 10.8. The fourth-order valence-electron chi connectivity index (χ4n) is 3.43. The number of nitrogens with one attached hydrogen (secondary N) is 2. The van der Waals surface area contributed by atoms with Gasteiger partial charge in [0.25, 0.3) is 15.9 Å². The van der Waals surface area contributed by atoms with Gasteiger partial charge in [0.15, 0.2) is 17.3 Å². The van der Waals surface area contributed by atoms with Gasteiger partial charge in [-0.05, 0) is 49.3 Å². The number of para-hydroxylation sites is 2. The highest BCUT2D eigenvalue weighted by Crippen LogP contribution is 2.41. The molecule has 1 heterocycles. The molecular weight excluding hydrogens is 522 g/mol. The van der Waals surface area contributed by atoms with Crippen molar-refractivity contribution in [2.75, 3.05) is 57.5 Å². The van der Waals surface area contributed by atoms with E-state index in [-0.39, 0.29) is 46.9 Å². The minimum Gasteiger partial charge on any atom is -0.493 e. The summed E-state index contributed by atoms with van der Waals surface area (Å²) in [7, 11) is 1.25. The van der Waals surface area contributed by atoms with Crippen LogP contribution in [0.15, 0.2) is 53.4 Å². The van der Waals surface area contributed by atoms with Gasteiger partial charge in [-0.25, -0.2) is 8.42 Å². The zero-order chi connectivity index (χ0) is 28.6. The molecule has 0 aliphatic heterocycles. The molecule has 0 aliphatic carbocycles. The fourth-order valence-corrected chi connectivity index (χ4v) is 4.44. The van der Waals surface area contributed by atoms with Gasteiger partial charge in [-0.1, -0.05) is 45.0 Å². The molecule has 212 valence electrons. The molecule has 0 atom stereocenters. The number of ether oxygens (including phenoxy) is 3. The molecule has 0 aliphatic rings. The van der Waals surface area contributed by atoms with Crippen molar-refractivity contribution in [1.29, 1.82) is 0 Å². The van der Waals surface area contributed by atoms with E-state index >= 15 is 0 Å². The molecule has 12 heteroatoms. The first-order valence-electron chi connectivity index (χ1n) is 12.4. The van der Waals surface area contributed by atoms with E-state index in [0.717, 1.165) is 5.56 Å². The maximum Gasteiger partial charge on any atom is 0.265 e. The highest BCUT2D eigenvalue weighted by atomic mass is 32.2. The fraction of sp³-hybridized carbons (Fsp3) is 0.407. The molecule has 0 saturated carbocycles. The van der Waals surface area contributed by atoms with Gasteiger partial charge in [-0.15, -0.1) is 0 Å². The Morgan fingerprint density at radius 2 is 1.67 bits per heavy atom. The highest BCUT2D eigenvalue weighted by molar-refractivity contribution is 7.92. The normalized spacial score (nSPS) is 11.8. The van der Waals surface area contributed by atoms with Gasteiger partial charge in [0.1, 0.15) is 6.61 Å². The SMILES string of the molecule is COc1ccccc1Oc1c(NS(=O)(=O)c2ccc(C(C)(C)C)cc2)nc(NCCN(C)C)nc1OCCO. The first kappa shape index (κ1) is 29.9. The highest BCUT2D eigenvalue weighted by Gasteiger charge is 2.25. The molecule has 0 unspecified atom stereocenters. The second kappa shape index (κ2) is 13.0. The van der Waals surface area contributed by atoms with Crippen LogP contribution in [0.25, 0.3) is 0 Å². The van der Waals surface area contributed by atoms with Gasteiger partial charge in [0.05, 0.1) is 18.6 Å². The smallest absolute Gasteiger partial charge is 0.265 e. The second-order valence-corrected chi connectivity index (χ2v) is 11.6. The molecule has 3 N–H and O–H groups in total. The van der Waals surface area contributed by atoms with Crippen LogP contribution in [0.2, 0.25) is 0 Å². The molecule has 0 saturated heterocycles. The number of hydrogen-bond acceptors (Lipinski definition) is 10. The third-order valence-corrected chi connectivity index (χ3v) is 6.90. The number of sulfonamides is 1. The molecule has 0 fully saturated rings. The van der Waals surface area contributed by atoms with Crippen LogP contribution in [0, 0.1) is 0 Å². The summed E-state index contributed by atoms with van der Waals surface area (Å²) < 4.78 is 46.6. The van der Waals surface area contributed by atoms with Crippen LogP contribution < -0.4 is 24.2 Å². The average molecular weight is 560 g/mol. The molecular formula is C27H37N5O6S. The summed E-state index contributed by atoms with van der Waals surface area (Å²) in [5.74, 6) is 0.541. The predicted molar refractivity (Wildman–Crippen MR) is 151 cm³/mol. The largest absolute Gasteiger partial charge is 0.493 e. The number of hydrogen-bond donors (Lipinski definition) is 3. The summed E-state index contributed by atoms with van der Waals surface area (Å²) in [6.07, 6.45) is 0. The summed E-state index contributed by atoms with van der Waals surface area (Å²) in [6, 6.07) is 13.5. The van der Waals surface area contributed by atoms with Crippen LogP contribution >= 0.6 is 0 Å². The minimum absolute atomic E-state index is 0.0531. The lowest BCUT2D eigenvalue weighted by molar-refractivity contribution is 0.192. The lowest BCUT2D eigenvalue weighted by Gasteiger charge is -2.20. The number of aliphatic hydroxyl groups excluding tert-OH is 1. The van der Waals surface area contributed by atoms with Crippen LogP contribution in [-0.4, -0.2) is 75.9 Å². The third kappa shape index (κ3) is 8.19. The second-order valence-electron chi connectivity index (χ2n) is 9.97. The van der Waals surface area contributed by atoms with E-state index in [1.807, 2.05) is 19.0 Å². The summed E-state index contributed by atoms with van der Waals surface area (Å²) in [5, 5.41) is 12.5. The number of aromatic nitrogens is 2. The number of aliphatic hydroxyl groups is 1. The first-order valence-corrected chi connectivity index (χ1v) is 13.9. The Bertz CT molecular complexity index is 1340. The van der Waals surface area contributed by atoms with E-state index in [4.69, 9.17) is 14.2 Å². The molecule has 1 aromatic heterocycles. The van der Waals surface area contributed by atoms with Crippen molar-refractivity contribution >= 4 is 21.8 Å². The molecule has 3 rings (SSSR count). The zero-order valence-corrected chi connectivity index (χ0v) is 24.0. The maximum atomic E-state index is 13.5. The van der Waals surface area contributed by atoms with Crippen LogP contribution in [0.1, 0.15) is 26.3 Å². The Hall–Kier alpha value is -3.61. The molecule has 0 spiro atoms. The van der Waals surface area contributed by atoms with Gasteiger partial charge in [-0.3, -0.25) is 4.72 Å². The van der Waals surface area contributed by atoms with E-state index in [2.05, 4.69) is 40.8 Å². The van der Waals surface area contributed by atoms with Crippen molar-refractivity contribution in [3.05, 3.63) is 54.1 Å². The summed E-state index contributed by atoms with van der Waals surface area (Å²) in [5.41, 5.74) is 0.861. The van der Waals surface area contributed by atoms with Crippen LogP contribution in [0.4, 0.5) is 11.8 Å². The van der Waals surface area contributed by atoms with Crippen molar-refractivity contribution in [3.8, 4) is 23.1 Å². The summed E-state index contributed by atoms with van der Waals surface area (Å²) >= 11 is 0. The van der Waals surface area contributed by atoms with Gasteiger partial charge >= 0.3 is 0 Å².